The molecule has 1 N–H and O–H groups in total. The first-order valence-electron chi connectivity index (χ1n) is 7.29. The highest BCUT2D eigenvalue weighted by Gasteiger charge is 2.12. The van der Waals surface area contributed by atoms with Gasteiger partial charge in [0.1, 0.15) is 6.07 Å². The van der Waals surface area contributed by atoms with Gasteiger partial charge in [0.05, 0.1) is 28.8 Å². The van der Waals surface area contributed by atoms with E-state index in [4.69, 9.17) is 21.6 Å². The highest BCUT2D eigenvalue weighted by Crippen LogP contribution is 2.20. The summed E-state index contributed by atoms with van der Waals surface area (Å²) in [5.41, 5.74) is 1.13. The minimum absolute atomic E-state index is 0.187. The van der Waals surface area contributed by atoms with Gasteiger partial charge in [-0.25, -0.2) is 9.59 Å². The molecule has 0 heterocycles. The van der Waals surface area contributed by atoms with Gasteiger partial charge in [0.15, 0.2) is 6.61 Å². The Morgan fingerprint density at radius 3 is 2.23 bits per heavy atom. The van der Waals surface area contributed by atoms with Crippen molar-refractivity contribution < 1.29 is 23.9 Å². The Bertz CT molecular complexity index is 887. The van der Waals surface area contributed by atoms with Crippen molar-refractivity contribution in [2.24, 2.45) is 0 Å². The number of nitrogens with zero attached hydrogens (tertiary/aromatic N) is 1. The minimum atomic E-state index is -0.713. The lowest BCUT2D eigenvalue weighted by Crippen LogP contribution is -2.21. The summed E-state index contributed by atoms with van der Waals surface area (Å²) < 4.78 is 9.47. The van der Waals surface area contributed by atoms with Crippen LogP contribution in [0.5, 0.6) is 0 Å². The maximum absolute atomic E-state index is 11.9. The number of halogens is 1. The number of hydrogen-bond donors (Lipinski definition) is 1. The zero-order valence-corrected chi connectivity index (χ0v) is 14.4. The predicted molar refractivity (Wildman–Crippen MR) is 92.9 cm³/mol. The molecule has 0 atom stereocenters. The van der Waals surface area contributed by atoms with Crippen LogP contribution in [0.4, 0.5) is 5.69 Å². The van der Waals surface area contributed by atoms with Gasteiger partial charge in [-0.15, -0.1) is 0 Å². The molecule has 26 heavy (non-hydrogen) atoms. The number of rotatable bonds is 5. The van der Waals surface area contributed by atoms with Crippen molar-refractivity contribution in [3.05, 3.63) is 64.2 Å². The summed E-state index contributed by atoms with van der Waals surface area (Å²) >= 11 is 5.87. The van der Waals surface area contributed by atoms with Crippen LogP contribution in [-0.4, -0.2) is 31.6 Å². The van der Waals surface area contributed by atoms with Crippen molar-refractivity contribution in [2.45, 2.75) is 0 Å². The molecule has 0 spiro atoms. The molecule has 7 nitrogen and oxygen atoms in total. The summed E-state index contributed by atoms with van der Waals surface area (Å²) in [6, 6.07) is 11.9. The van der Waals surface area contributed by atoms with Crippen LogP contribution >= 0.6 is 11.6 Å². The Kier molecular flexibility index (Phi) is 6.31. The van der Waals surface area contributed by atoms with Crippen LogP contribution < -0.4 is 5.32 Å². The van der Waals surface area contributed by atoms with Gasteiger partial charge < -0.3 is 14.8 Å². The molecule has 1 amide bonds. The van der Waals surface area contributed by atoms with E-state index in [1.807, 2.05) is 6.07 Å². The third kappa shape index (κ3) is 4.82. The number of anilines is 1. The Morgan fingerprint density at radius 2 is 1.69 bits per heavy atom. The highest BCUT2D eigenvalue weighted by molar-refractivity contribution is 6.32. The standard InChI is InChI=1S/C18H13ClN2O5/c1-25-17(23)11-2-4-12(5-3-11)18(24)26-10-16(22)21-14-7-6-13(9-20)15(19)8-14/h2-8H,10H2,1H3,(H,21,22). The van der Waals surface area contributed by atoms with Crippen molar-refractivity contribution in [1.82, 2.24) is 0 Å². The monoisotopic (exact) mass is 372 g/mol. The molecule has 132 valence electrons. The lowest BCUT2D eigenvalue weighted by Gasteiger charge is -2.08. The quantitative estimate of drug-likeness (QED) is 0.809. The minimum Gasteiger partial charge on any atom is -0.465 e. The summed E-state index contributed by atoms with van der Waals surface area (Å²) in [5.74, 6) is -1.80. The van der Waals surface area contributed by atoms with E-state index in [2.05, 4.69) is 10.1 Å². The molecule has 8 heteroatoms. The topological polar surface area (TPSA) is 105 Å². The third-order valence-electron chi connectivity index (χ3n) is 3.25. The lowest BCUT2D eigenvalue weighted by atomic mass is 10.1. The fourth-order valence-electron chi connectivity index (χ4n) is 1.96. The maximum atomic E-state index is 11.9. The molecule has 0 unspecified atom stereocenters. The van der Waals surface area contributed by atoms with Crippen LogP contribution in [-0.2, 0) is 14.3 Å². The zero-order chi connectivity index (χ0) is 19.1. The Labute approximate surface area is 154 Å². The molecule has 0 aliphatic carbocycles. The van der Waals surface area contributed by atoms with Crippen molar-refractivity contribution in [3.8, 4) is 6.07 Å². The zero-order valence-electron chi connectivity index (χ0n) is 13.6. The number of carbonyl (C=O) groups excluding carboxylic acids is 3. The fraction of sp³-hybridized carbons (Fsp3) is 0.111. The van der Waals surface area contributed by atoms with Crippen LogP contribution in [0.2, 0.25) is 5.02 Å². The molecule has 0 aliphatic rings. The number of hydrogen-bond acceptors (Lipinski definition) is 6. The number of nitrogens with one attached hydrogen (secondary N) is 1. The maximum Gasteiger partial charge on any atom is 0.338 e. The average molecular weight is 373 g/mol. The molecule has 2 aromatic carbocycles. The molecule has 0 saturated heterocycles. The second-order valence-corrected chi connectivity index (χ2v) is 5.41. The second-order valence-electron chi connectivity index (χ2n) is 5.00. The molecule has 0 fully saturated rings. The normalized spacial score (nSPS) is 9.73. The van der Waals surface area contributed by atoms with E-state index in [0.29, 0.717) is 11.3 Å². The van der Waals surface area contributed by atoms with E-state index in [9.17, 15) is 14.4 Å². The van der Waals surface area contributed by atoms with Crippen molar-refractivity contribution in [1.29, 1.82) is 5.26 Å². The SMILES string of the molecule is COC(=O)c1ccc(C(=O)OCC(=O)Nc2ccc(C#N)c(Cl)c2)cc1. The molecule has 0 aromatic heterocycles. The lowest BCUT2D eigenvalue weighted by molar-refractivity contribution is -0.119. The van der Waals surface area contributed by atoms with E-state index in [-0.39, 0.29) is 16.1 Å². The molecule has 0 bridgehead atoms. The van der Waals surface area contributed by atoms with Crippen molar-refractivity contribution >= 4 is 35.1 Å². The molecule has 0 aliphatic heterocycles. The van der Waals surface area contributed by atoms with Gasteiger partial charge in [-0.2, -0.15) is 5.26 Å². The third-order valence-corrected chi connectivity index (χ3v) is 3.56. The van der Waals surface area contributed by atoms with Crippen LogP contribution in [0.1, 0.15) is 26.3 Å². The van der Waals surface area contributed by atoms with E-state index in [0.717, 1.165) is 0 Å². The molecular formula is C18H13ClN2O5. The van der Waals surface area contributed by atoms with E-state index < -0.39 is 24.5 Å². The van der Waals surface area contributed by atoms with Crippen LogP contribution in [0.3, 0.4) is 0 Å². The molecule has 2 rings (SSSR count). The van der Waals surface area contributed by atoms with Gasteiger partial charge in [-0.05, 0) is 42.5 Å². The molecule has 0 saturated carbocycles. The number of nitriles is 1. The number of benzene rings is 2. The second kappa shape index (κ2) is 8.65. The smallest absolute Gasteiger partial charge is 0.338 e. The average Bonchev–Trinajstić information content (AvgIpc) is 2.65. The first-order chi connectivity index (χ1) is 12.4. The van der Waals surface area contributed by atoms with Gasteiger partial charge in [0.2, 0.25) is 0 Å². The summed E-state index contributed by atoms with van der Waals surface area (Å²) in [6.45, 7) is -0.505. The molecular weight excluding hydrogens is 360 g/mol. The number of ether oxygens (including phenoxy) is 2. The number of amides is 1. The first kappa shape index (κ1) is 19.0. The molecule has 2 aromatic rings. The first-order valence-corrected chi connectivity index (χ1v) is 7.67. The largest absolute Gasteiger partial charge is 0.465 e. The predicted octanol–water partition coefficient (Wildman–Crippen LogP) is 2.79. The van der Waals surface area contributed by atoms with Crippen LogP contribution in [0, 0.1) is 11.3 Å². The van der Waals surface area contributed by atoms with Crippen molar-refractivity contribution in [2.75, 3.05) is 19.0 Å². The number of esters is 2. The fourth-order valence-corrected chi connectivity index (χ4v) is 2.18. The summed E-state index contributed by atoms with van der Waals surface area (Å²) in [7, 11) is 1.25. The Morgan fingerprint density at radius 1 is 1.08 bits per heavy atom. The summed E-state index contributed by atoms with van der Waals surface area (Å²) in [5, 5.41) is 11.5. The van der Waals surface area contributed by atoms with E-state index in [1.165, 1.54) is 49.6 Å². The Balaban J connectivity index is 1.90. The van der Waals surface area contributed by atoms with Gasteiger partial charge in [0.25, 0.3) is 5.91 Å². The van der Waals surface area contributed by atoms with Crippen molar-refractivity contribution in [3.63, 3.8) is 0 Å². The van der Waals surface area contributed by atoms with Crippen LogP contribution in [0.15, 0.2) is 42.5 Å². The Hall–Kier alpha value is -3.37. The van der Waals surface area contributed by atoms with Gasteiger partial charge in [0, 0.05) is 5.69 Å². The summed E-state index contributed by atoms with van der Waals surface area (Å²) in [4.78, 5) is 35.1. The van der Waals surface area contributed by atoms with Gasteiger partial charge in [-0.3, -0.25) is 4.79 Å². The highest BCUT2D eigenvalue weighted by atomic mass is 35.5. The number of carbonyl (C=O) groups is 3. The summed E-state index contributed by atoms with van der Waals surface area (Å²) in [6.07, 6.45) is 0. The van der Waals surface area contributed by atoms with Crippen LogP contribution in [0.25, 0.3) is 0 Å². The number of methoxy groups -OCH3 is 1. The molecule has 0 radical (unpaired) electrons. The van der Waals surface area contributed by atoms with E-state index in [1.54, 1.807) is 0 Å². The van der Waals surface area contributed by atoms with Gasteiger partial charge in [-0.1, -0.05) is 11.6 Å². The van der Waals surface area contributed by atoms with Gasteiger partial charge >= 0.3 is 11.9 Å². The van der Waals surface area contributed by atoms with E-state index >= 15 is 0 Å².